The summed E-state index contributed by atoms with van der Waals surface area (Å²) in [4.78, 5) is 5.05. The normalized spacial score (nSPS) is 16.2. The van der Waals surface area contributed by atoms with Crippen molar-refractivity contribution >= 4 is 32.0 Å². The van der Waals surface area contributed by atoms with E-state index in [0.29, 0.717) is 29.4 Å². The SMILES string of the molecule is COc1nn(C)cc1-c1c(-c2ccc3c(cnn3C)c2)c2c3c(cnc2n1S(=O)(=O)c1ccccc1)COC31CCNCC1. The summed E-state index contributed by atoms with van der Waals surface area (Å²) in [6.07, 6.45) is 6.94. The van der Waals surface area contributed by atoms with E-state index in [1.807, 2.05) is 30.1 Å². The molecule has 0 unspecified atom stereocenters. The lowest BCUT2D eigenvalue weighted by atomic mass is 9.81. The standard InChI is InChI=1S/C32H31N7O4S/c1-37-18-24(31(36-37)42-3)29-26(20-9-10-25-21(15-20)17-35-38(25)2)27-28-22(19-43-32(28)11-13-33-14-12-32)16-34-30(27)39(29)44(40,41)23-7-5-4-6-8-23/h4-10,15-18,33H,11-14,19H2,1-3H3. The van der Waals surface area contributed by atoms with Crippen LogP contribution in [0.25, 0.3) is 44.3 Å². The first kappa shape index (κ1) is 27.1. The van der Waals surface area contributed by atoms with Gasteiger partial charge in [-0.15, -0.1) is 5.10 Å². The first-order valence-corrected chi connectivity index (χ1v) is 16.0. The number of ether oxygens (including phenoxy) is 2. The van der Waals surface area contributed by atoms with E-state index in [-0.39, 0.29) is 4.90 Å². The van der Waals surface area contributed by atoms with E-state index >= 15 is 0 Å². The van der Waals surface area contributed by atoms with Crippen LogP contribution in [-0.2, 0) is 41.1 Å². The highest BCUT2D eigenvalue weighted by Gasteiger charge is 2.45. The van der Waals surface area contributed by atoms with Crippen LogP contribution in [0.5, 0.6) is 5.88 Å². The summed E-state index contributed by atoms with van der Waals surface area (Å²) >= 11 is 0. The molecule has 0 radical (unpaired) electrons. The molecular formula is C32H31N7O4S. The van der Waals surface area contributed by atoms with Crippen molar-refractivity contribution in [3.8, 4) is 28.3 Å². The molecule has 0 aliphatic carbocycles. The highest BCUT2D eigenvalue weighted by Crippen LogP contribution is 2.52. The number of nitrogens with zero attached hydrogens (tertiary/aromatic N) is 6. The maximum absolute atomic E-state index is 14.8. The molecule has 0 amide bonds. The average molecular weight is 610 g/mol. The van der Waals surface area contributed by atoms with Gasteiger partial charge in [0.15, 0.2) is 5.65 Å². The Labute approximate surface area is 254 Å². The van der Waals surface area contributed by atoms with Crippen molar-refractivity contribution in [1.29, 1.82) is 0 Å². The summed E-state index contributed by atoms with van der Waals surface area (Å²) in [5.74, 6) is 0.313. The van der Waals surface area contributed by atoms with Crippen molar-refractivity contribution in [2.24, 2.45) is 14.1 Å². The smallest absolute Gasteiger partial charge is 0.269 e. The second-order valence-electron chi connectivity index (χ2n) is 11.5. The highest BCUT2D eigenvalue weighted by atomic mass is 32.2. The zero-order valence-corrected chi connectivity index (χ0v) is 25.4. The molecule has 1 saturated heterocycles. The minimum atomic E-state index is -4.15. The number of hydrogen-bond donors (Lipinski definition) is 1. The van der Waals surface area contributed by atoms with Crippen LogP contribution in [-0.4, -0.2) is 57.1 Å². The predicted molar refractivity (Wildman–Crippen MR) is 166 cm³/mol. The Morgan fingerprint density at radius 1 is 1.05 bits per heavy atom. The molecular weight excluding hydrogens is 578 g/mol. The number of nitrogens with one attached hydrogen (secondary N) is 1. The van der Waals surface area contributed by atoms with E-state index in [4.69, 9.17) is 14.5 Å². The van der Waals surface area contributed by atoms with Crippen LogP contribution in [0.3, 0.4) is 0 Å². The molecule has 0 atom stereocenters. The van der Waals surface area contributed by atoms with Gasteiger partial charge in [0.05, 0.1) is 47.2 Å². The number of fused-ring (bicyclic) bond motifs is 5. The Hall–Kier alpha value is -4.52. The number of rotatable bonds is 5. The van der Waals surface area contributed by atoms with Gasteiger partial charge < -0.3 is 14.8 Å². The van der Waals surface area contributed by atoms with Gasteiger partial charge in [0.1, 0.15) is 0 Å². The van der Waals surface area contributed by atoms with Gasteiger partial charge in [0, 0.05) is 54.0 Å². The number of piperidine rings is 1. The molecule has 0 bridgehead atoms. The average Bonchev–Trinajstić information content (AvgIpc) is 3.79. The minimum Gasteiger partial charge on any atom is -0.479 e. The molecule has 11 nitrogen and oxygen atoms in total. The van der Waals surface area contributed by atoms with E-state index in [2.05, 4.69) is 21.6 Å². The minimum absolute atomic E-state index is 0.158. The van der Waals surface area contributed by atoms with Crippen molar-refractivity contribution in [3.63, 3.8) is 0 Å². The molecule has 1 N–H and O–H groups in total. The lowest BCUT2D eigenvalue weighted by Gasteiger charge is -2.34. The predicted octanol–water partition coefficient (Wildman–Crippen LogP) is 4.35. The summed E-state index contributed by atoms with van der Waals surface area (Å²) in [5, 5.41) is 14.2. The first-order valence-electron chi connectivity index (χ1n) is 14.5. The van der Waals surface area contributed by atoms with Crippen LogP contribution in [0.15, 0.2) is 72.0 Å². The number of aryl methyl sites for hydroxylation is 2. The highest BCUT2D eigenvalue weighted by molar-refractivity contribution is 7.90. The first-order chi connectivity index (χ1) is 21.3. The molecule has 0 saturated carbocycles. The summed E-state index contributed by atoms with van der Waals surface area (Å²) < 4.78 is 46.7. The third-order valence-corrected chi connectivity index (χ3v) is 10.7. The Morgan fingerprint density at radius 2 is 1.84 bits per heavy atom. The molecule has 6 aromatic rings. The fourth-order valence-corrected chi connectivity index (χ4v) is 8.47. The number of benzene rings is 2. The monoisotopic (exact) mass is 609 g/mol. The third-order valence-electron chi connectivity index (χ3n) is 8.95. The summed E-state index contributed by atoms with van der Waals surface area (Å²) in [6.45, 7) is 2.01. The molecule has 224 valence electrons. The van der Waals surface area contributed by atoms with Crippen molar-refractivity contribution in [1.82, 2.24) is 33.8 Å². The van der Waals surface area contributed by atoms with E-state index < -0.39 is 15.6 Å². The molecule has 2 aliphatic rings. The van der Waals surface area contributed by atoms with Crippen LogP contribution in [0, 0.1) is 0 Å². The summed E-state index contributed by atoms with van der Waals surface area (Å²) in [7, 11) is 1.08. The van der Waals surface area contributed by atoms with Crippen molar-refractivity contribution in [2.75, 3.05) is 20.2 Å². The maximum atomic E-state index is 14.8. The van der Waals surface area contributed by atoms with Crippen LogP contribution < -0.4 is 10.1 Å². The largest absolute Gasteiger partial charge is 0.479 e. The third kappa shape index (κ3) is 3.81. The Kier molecular flexibility index (Phi) is 5.99. The number of pyridine rings is 1. The molecule has 6 heterocycles. The van der Waals surface area contributed by atoms with Gasteiger partial charge in [-0.3, -0.25) is 9.36 Å². The topological polar surface area (TPSA) is 118 Å². The lowest BCUT2D eigenvalue weighted by Crippen LogP contribution is -2.39. The van der Waals surface area contributed by atoms with E-state index in [0.717, 1.165) is 64.5 Å². The maximum Gasteiger partial charge on any atom is 0.269 e. The quantitative estimate of drug-likeness (QED) is 0.307. The van der Waals surface area contributed by atoms with Gasteiger partial charge >= 0.3 is 0 Å². The van der Waals surface area contributed by atoms with Crippen LogP contribution in [0.2, 0.25) is 0 Å². The van der Waals surface area contributed by atoms with E-state index in [1.165, 1.54) is 3.97 Å². The van der Waals surface area contributed by atoms with Crippen molar-refractivity contribution in [3.05, 3.63) is 78.2 Å². The Bertz CT molecular complexity index is 2190. The zero-order valence-electron chi connectivity index (χ0n) is 24.6. The van der Waals surface area contributed by atoms with Gasteiger partial charge in [0.25, 0.3) is 10.0 Å². The molecule has 4 aromatic heterocycles. The molecule has 44 heavy (non-hydrogen) atoms. The van der Waals surface area contributed by atoms with Gasteiger partial charge in [-0.05, 0) is 55.8 Å². The van der Waals surface area contributed by atoms with E-state index in [9.17, 15) is 8.42 Å². The molecule has 12 heteroatoms. The molecule has 1 spiro atoms. The van der Waals surface area contributed by atoms with Gasteiger partial charge in [0.2, 0.25) is 5.88 Å². The Balaban J connectivity index is 1.59. The fourth-order valence-electron chi connectivity index (χ4n) is 6.96. The summed E-state index contributed by atoms with van der Waals surface area (Å²) in [5.41, 5.74) is 5.30. The second kappa shape index (κ2) is 9.74. The summed E-state index contributed by atoms with van der Waals surface area (Å²) in [6, 6.07) is 14.6. The zero-order chi connectivity index (χ0) is 30.2. The molecule has 2 aromatic carbocycles. The van der Waals surface area contributed by atoms with Crippen molar-refractivity contribution in [2.45, 2.75) is 29.9 Å². The van der Waals surface area contributed by atoms with Gasteiger partial charge in [-0.1, -0.05) is 24.3 Å². The van der Waals surface area contributed by atoms with Crippen LogP contribution in [0.1, 0.15) is 24.0 Å². The van der Waals surface area contributed by atoms with Crippen molar-refractivity contribution < 1.29 is 17.9 Å². The fraction of sp³-hybridized carbons (Fsp3) is 0.281. The lowest BCUT2D eigenvalue weighted by molar-refractivity contribution is -0.0582. The number of hydrogen-bond acceptors (Lipinski definition) is 8. The van der Waals surface area contributed by atoms with Crippen LogP contribution in [0.4, 0.5) is 0 Å². The number of aromatic nitrogens is 6. The molecule has 2 aliphatic heterocycles. The van der Waals surface area contributed by atoms with Crippen LogP contribution >= 0.6 is 0 Å². The van der Waals surface area contributed by atoms with E-state index in [1.54, 1.807) is 61.6 Å². The number of methoxy groups -OCH3 is 1. The second-order valence-corrected chi connectivity index (χ2v) is 13.3. The Morgan fingerprint density at radius 3 is 2.61 bits per heavy atom. The van der Waals surface area contributed by atoms with Gasteiger partial charge in [-0.2, -0.15) is 5.10 Å². The molecule has 8 rings (SSSR count). The molecule has 1 fully saturated rings. The van der Waals surface area contributed by atoms with Gasteiger partial charge in [-0.25, -0.2) is 17.4 Å².